The molecule has 0 aliphatic heterocycles. The Hall–Kier alpha value is -2.70. The van der Waals surface area contributed by atoms with Crippen LogP contribution in [0.2, 0.25) is 0 Å². The number of aliphatic hydroxyl groups excluding tert-OH is 1. The van der Waals surface area contributed by atoms with Crippen LogP contribution in [0.4, 0.5) is 11.4 Å². The molecule has 0 heterocycles. The molecule has 1 aromatic rings. The highest BCUT2D eigenvalue weighted by molar-refractivity contribution is 6.10. The number of aliphatic imine (C=N–C) groups is 1. The number of rotatable bonds is 7. The number of nitro groups is 1. The zero-order valence-corrected chi connectivity index (χ0v) is 12.5. The number of allylic oxidation sites excluding steroid dienone is 1. The van der Waals surface area contributed by atoms with Crippen molar-refractivity contribution in [2.24, 2.45) is 4.99 Å². The fourth-order valence-electron chi connectivity index (χ4n) is 1.69. The number of aliphatic hydroxyl groups is 1. The van der Waals surface area contributed by atoms with Gasteiger partial charge in [0.1, 0.15) is 17.0 Å². The predicted molar refractivity (Wildman–Crippen MR) is 82.4 cm³/mol. The van der Waals surface area contributed by atoms with Crippen molar-refractivity contribution < 1.29 is 19.6 Å². The lowest BCUT2D eigenvalue weighted by Gasteiger charge is -2.05. The molecule has 0 aromatic heterocycles. The summed E-state index contributed by atoms with van der Waals surface area (Å²) >= 11 is 0. The van der Waals surface area contributed by atoms with Crippen molar-refractivity contribution in [2.75, 3.05) is 6.61 Å². The van der Waals surface area contributed by atoms with Crippen LogP contribution in [-0.2, 0) is 9.53 Å². The van der Waals surface area contributed by atoms with Gasteiger partial charge in [-0.3, -0.25) is 10.1 Å². The van der Waals surface area contributed by atoms with Crippen molar-refractivity contribution in [2.45, 2.75) is 26.7 Å². The van der Waals surface area contributed by atoms with Crippen LogP contribution in [0.3, 0.4) is 0 Å². The van der Waals surface area contributed by atoms with Gasteiger partial charge in [0.15, 0.2) is 0 Å². The van der Waals surface area contributed by atoms with Crippen molar-refractivity contribution in [3.63, 3.8) is 0 Å². The number of para-hydroxylation sites is 2. The van der Waals surface area contributed by atoms with E-state index in [9.17, 15) is 20.0 Å². The van der Waals surface area contributed by atoms with Crippen molar-refractivity contribution in [1.29, 1.82) is 0 Å². The molecule has 1 rings (SSSR count). The van der Waals surface area contributed by atoms with Crippen molar-refractivity contribution in [1.82, 2.24) is 0 Å². The highest BCUT2D eigenvalue weighted by Gasteiger charge is 2.16. The third-order valence-corrected chi connectivity index (χ3v) is 2.70. The van der Waals surface area contributed by atoms with E-state index in [1.54, 1.807) is 13.0 Å². The second-order valence-corrected chi connectivity index (χ2v) is 4.33. The third-order valence-electron chi connectivity index (χ3n) is 2.70. The summed E-state index contributed by atoms with van der Waals surface area (Å²) in [5, 5.41) is 20.8. The SMILES string of the molecule is CCC/C(O)=C(\C=Nc1ccccc1[N+](=O)[O-])C(=O)OCC. The Morgan fingerprint density at radius 3 is 2.68 bits per heavy atom. The van der Waals surface area contributed by atoms with Crippen LogP contribution in [0.1, 0.15) is 26.7 Å². The van der Waals surface area contributed by atoms with E-state index >= 15 is 0 Å². The maximum Gasteiger partial charge on any atom is 0.343 e. The lowest BCUT2D eigenvalue weighted by molar-refractivity contribution is -0.384. The lowest BCUT2D eigenvalue weighted by atomic mass is 10.1. The number of nitro benzene ring substituents is 1. The summed E-state index contributed by atoms with van der Waals surface area (Å²) in [6.45, 7) is 3.64. The average Bonchev–Trinajstić information content (AvgIpc) is 2.48. The van der Waals surface area contributed by atoms with Crippen LogP contribution in [0, 0.1) is 10.1 Å². The second kappa shape index (κ2) is 8.56. The van der Waals surface area contributed by atoms with Crippen LogP contribution < -0.4 is 0 Å². The molecule has 0 aliphatic rings. The molecule has 0 saturated carbocycles. The van der Waals surface area contributed by atoms with E-state index in [4.69, 9.17) is 4.74 Å². The number of nitrogens with zero attached hydrogens (tertiary/aromatic N) is 2. The quantitative estimate of drug-likeness (QED) is 0.207. The number of benzene rings is 1. The molecule has 0 spiro atoms. The molecule has 118 valence electrons. The Morgan fingerprint density at radius 1 is 1.41 bits per heavy atom. The van der Waals surface area contributed by atoms with E-state index in [-0.39, 0.29) is 35.7 Å². The molecule has 0 aliphatic carbocycles. The minimum absolute atomic E-state index is 0.0955. The van der Waals surface area contributed by atoms with Gasteiger partial charge < -0.3 is 9.84 Å². The number of esters is 1. The number of carbonyl (C=O) groups excluding carboxylic acids is 1. The van der Waals surface area contributed by atoms with Gasteiger partial charge in [-0.15, -0.1) is 0 Å². The zero-order chi connectivity index (χ0) is 16.5. The van der Waals surface area contributed by atoms with Crippen molar-refractivity contribution >= 4 is 23.6 Å². The molecule has 7 nitrogen and oxygen atoms in total. The van der Waals surface area contributed by atoms with E-state index in [1.807, 2.05) is 6.92 Å². The van der Waals surface area contributed by atoms with Gasteiger partial charge in [0.25, 0.3) is 5.69 Å². The maximum absolute atomic E-state index is 11.8. The second-order valence-electron chi connectivity index (χ2n) is 4.33. The maximum atomic E-state index is 11.8. The smallest absolute Gasteiger partial charge is 0.343 e. The summed E-state index contributed by atoms with van der Waals surface area (Å²) in [5.41, 5.74) is -0.183. The average molecular weight is 306 g/mol. The van der Waals surface area contributed by atoms with Gasteiger partial charge in [-0.2, -0.15) is 0 Å². The number of ether oxygens (including phenoxy) is 1. The van der Waals surface area contributed by atoms with Gasteiger partial charge in [-0.25, -0.2) is 9.79 Å². The summed E-state index contributed by atoms with van der Waals surface area (Å²) in [5.74, 6) is -0.862. The molecular formula is C15H18N2O5. The molecule has 7 heteroatoms. The van der Waals surface area contributed by atoms with Gasteiger partial charge >= 0.3 is 5.97 Å². The first-order valence-electron chi connectivity index (χ1n) is 6.87. The van der Waals surface area contributed by atoms with Crippen LogP contribution in [0.25, 0.3) is 0 Å². The highest BCUT2D eigenvalue weighted by atomic mass is 16.6. The Balaban J connectivity index is 3.17. The molecule has 0 bridgehead atoms. The van der Waals surface area contributed by atoms with Crippen molar-refractivity contribution in [3.05, 3.63) is 45.7 Å². The summed E-state index contributed by atoms with van der Waals surface area (Å²) in [6.07, 6.45) is 2.02. The molecule has 0 unspecified atom stereocenters. The fraction of sp³-hybridized carbons (Fsp3) is 0.333. The van der Waals surface area contributed by atoms with E-state index in [0.717, 1.165) is 6.21 Å². The molecule has 0 fully saturated rings. The normalized spacial score (nSPS) is 12.1. The Labute approximate surface area is 128 Å². The predicted octanol–water partition coefficient (Wildman–Crippen LogP) is 3.47. The van der Waals surface area contributed by atoms with Crippen LogP contribution >= 0.6 is 0 Å². The van der Waals surface area contributed by atoms with Gasteiger partial charge in [0.2, 0.25) is 0 Å². The largest absolute Gasteiger partial charge is 0.511 e. The standard InChI is InChI=1S/C15H18N2O5/c1-3-7-14(18)11(15(19)22-4-2)10-16-12-8-5-6-9-13(12)17(20)21/h5-6,8-10,18H,3-4,7H2,1-2H3/b14-11-,16-10?. The van der Waals surface area contributed by atoms with Crippen molar-refractivity contribution in [3.8, 4) is 0 Å². The van der Waals surface area contributed by atoms with E-state index in [2.05, 4.69) is 4.99 Å². The summed E-state index contributed by atoms with van der Waals surface area (Å²) in [6, 6.07) is 5.88. The number of hydrogen-bond acceptors (Lipinski definition) is 6. The molecule has 0 radical (unpaired) electrons. The van der Waals surface area contributed by atoms with Crippen LogP contribution in [0.5, 0.6) is 0 Å². The first-order valence-corrected chi connectivity index (χ1v) is 6.87. The molecule has 0 atom stereocenters. The molecule has 1 N–H and O–H groups in total. The third kappa shape index (κ3) is 4.69. The lowest BCUT2D eigenvalue weighted by Crippen LogP contribution is -2.11. The molecule has 0 saturated heterocycles. The highest BCUT2D eigenvalue weighted by Crippen LogP contribution is 2.26. The molecule has 1 aromatic carbocycles. The van der Waals surface area contributed by atoms with Crippen LogP contribution in [0.15, 0.2) is 40.6 Å². The number of carbonyl (C=O) groups is 1. The topological polar surface area (TPSA) is 102 Å². The summed E-state index contributed by atoms with van der Waals surface area (Å²) in [4.78, 5) is 26.1. The minimum Gasteiger partial charge on any atom is -0.511 e. The zero-order valence-electron chi connectivity index (χ0n) is 12.5. The van der Waals surface area contributed by atoms with Crippen LogP contribution in [-0.4, -0.2) is 28.8 Å². The first kappa shape index (κ1) is 17.4. The minimum atomic E-state index is -0.712. The monoisotopic (exact) mass is 306 g/mol. The van der Waals surface area contributed by atoms with E-state index < -0.39 is 10.9 Å². The molecule has 0 amide bonds. The van der Waals surface area contributed by atoms with Gasteiger partial charge in [-0.05, 0) is 19.4 Å². The Kier molecular flexibility index (Phi) is 6.75. The summed E-state index contributed by atoms with van der Waals surface area (Å²) in [7, 11) is 0. The summed E-state index contributed by atoms with van der Waals surface area (Å²) < 4.78 is 4.86. The van der Waals surface area contributed by atoms with Gasteiger partial charge in [0, 0.05) is 18.7 Å². The van der Waals surface area contributed by atoms with Gasteiger partial charge in [-0.1, -0.05) is 19.1 Å². The Bertz CT molecular complexity index is 608. The van der Waals surface area contributed by atoms with E-state index in [0.29, 0.717) is 6.42 Å². The van der Waals surface area contributed by atoms with Gasteiger partial charge in [0.05, 0.1) is 11.5 Å². The fourth-order valence-corrected chi connectivity index (χ4v) is 1.69. The Morgan fingerprint density at radius 2 is 2.09 bits per heavy atom. The molecule has 22 heavy (non-hydrogen) atoms. The first-order chi connectivity index (χ1) is 10.5. The number of hydrogen-bond donors (Lipinski definition) is 1. The molecular weight excluding hydrogens is 288 g/mol. The van der Waals surface area contributed by atoms with E-state index in [1.165, 1.54) is 18.2 Å².